The van der Waals surface area contributed by atoms with Crippen LogP contribution in [-0.2, 0) is 5.85 Å². The Balaban J connectivity index is 2.67. The number of benzene rings is 2. The van der Waals surface area contributed by atoms with Crippen LogP contribution >= 0.6 is 0 Å². The monoisotopic (exact) mass is 230 g/mol. The molecule has 0 aromatic heterocycles. The fourth-order valence-corrected chi connectivity index (χ4v) is 2.13. The molecule has 0 saturated carbocycles. The van der Waals surface area contributed by atoms with Crippen molar-refractivity contribution < 1.29 is 9.50 Å². The molecule has 2 aromatic rings. The summed E-state index contributed by atoms with van der Waals surface area (Å²) in [6, 6.07) is 15.0. The third-order valence-corrected chi connectivity index (χ3v) is 2.81. The highest BCUT2D eigenvalue weighted by molar-refractivity contribution is 5.69. The molecule has 1 nitrogen and oxygen atoms in total. The van der Waals surface area contributed by atoms with E-state index in [1.807, 2.05) is 42.5 Å². The first-order chi connectivity index (χ1) is 8.00. The highest BCUT2D eigenvalue weighted by Gasteiger charge is 2.27. The lowest BCUT2D eigenvalue weighted by atomic mass is 9.92. The van der Waals surface area contributed by atoms with Gasteiger partial charge in [0.15, 0.2) is 0 Å². The molecule has 0 radical (unpaired) electrons. The number of halogens is 1. The van der Waals surface area contributed by atoms with Gasteiger partial charge in [-0.25, -0.2) is 4.39 Å². The van der Waals surface area contributed by atoms with E-state index in [0.717, 1.165) is 16.7 Å². The molecule has 2 rings (SSSR count). The van der Waals surface area contributed by atoms with E-state index in [1.165, 1.54) is 6.92 Å². The average molecular weight is 230 g/mol. The van der Waals surface area contributed by atoms with Crippen molar-refractivity contribution in [1.82, 2.24) is 0 Å². The quantitative estimate of drug-likeness (QED) is 0.832. The van der Waals surface area contributed by atoms with Crippen molar-refractivity contribution in [1.29, 1.82) is 0 Å². The van der Waals surface area contributed by atoms with Crippen molar-refractivity contribution in [3.8, 4) is 11.1 Å². The van der Waals surface area contributed by atoms with Crippen LogP contribution in [0, 0.1) is 6.92 Å². The first-order valence-corrected chi connectivity index (χ1v) is 5.57. The van der Waals surface area contributed by atoms with E-state index in [-0.39, 0.29) is 0 Å². The van der Waals surface area contributed by atoms with Gasteiger partial charge in [-0.05, 0) is 30.5 Å². The molecule has 0 bridgehead atoms. The average Bonchev–Trinajstić information content (AvgIpc) is 2.28. The summed E-state index contributed by atoms with van der Waals surface area (Å²) in [5, 5.41) is 9.65. The van der Waals surface area contributed by atoms with Gasteiger partial charge < -0.3 is 5.11 Å². The van der Waals surface area contributed by atoms with E-state index < -0.39 is 5.85 Å². The zero-order chi connectivity index (χ0) is 12.5. The highest BCUT2D eigenvalue weighted by atomic mass is 19.2. The number of rotatable bonds is 2. The number of hydrogen-bond acceptors (Lipinski definition) is 1. The minimum atomic E-state index is -2.32. The SMILES string of the molecule is Cc1cccc(-c2ccccc2)c1C(C)(O)F. The fraction of sp³-hybridized carbons (Fsp3) is 0.200. The van der Waals surface area contributed by atoms with Gasteiger partial charge in [-0.15, -0.1) is 0 Å². The van der Waals surface area contributed by atoms with Crippen molar-refractivity contribution in [3.05, 3.63) is 59.7 Å². The van der Waals surface area contributed by atoms with Gasteiger partial charge in [0.05, 0.1) is 0 Å². The molecule has 0 spiro atoms. The number of alkyl halides is 1. The molecule has 1 atom stereocenters. The molecule has 2 aromatic carbocycles. The van der Waals surface area contributed by atoms with Crippen LogP contribution in [0.2, 0.25) is 0 Å². The number of aryl methyl sites for hydroxylation is 1. The van der Waals surface area contributed by atoms with Crippen molar-refractivity contribution >= 4 is 0 Å². The predicted octanol–water partition coefficient (Wildman–Crippen LogP) is 3.80. The third-order valence-electron chi connectivity index (χ3n) is 2.81. The summed E-state index contributed by atoms with van der Waals surface area (Å²) < 4.78 is 13.9. The van der Waals surface area contributed by atoms with E-state index in [1.54, 1.807) is 13.0 Å². The van der Waals surface area contributed by atoms with E-state index >= 15 is 0 Å². The second-order valence-corrected chi connectivity index (χ2v) is 4.32. The van der Waals surface area contributed by atoms with E-state index in [2.05, 4.69) is 0 Å². The smallest absolute Gasteiger partial charge is 0.230 e. The molecular weight excluding hydrogens is 215 g/mol. The minimum absolute atomic E-state index is 0.339. The van der Waals surface area contributed by atoms with Gasteiger partial charge in [-0.2, -0.15) is 0 Å². The van der Waals surface area contributed by atoms with E-state index in [4.69, 9.17) is 0 Å². The standard InChI is InChI=1S/C15H15FO/c1-11-7-6-10-13(14(11)15(2,16)17)12-8-4-3-5-9-12/h3-10,17H,1-2H3. The molecule has 88 valence electrons. The molecule has 17 heavy (non-hydrogen) atoms. The Morgan fingerprint density at radius 1 is 1.00 bits per heavy atom. The maximum Gasteiger partial charge on any atom is 0.230 e. The Bertz CT molecular complexity index is 512. The molecule has 2 heteroatoms. The Morgan fingerprint density at radius 3 is 2.24 bits per heavy atom. The number of hydrogen-bond donors (Lipinski definition) is 1. The van der Waals surface area contributed by atoms with Gasteiger partial charge in [0.25, 0.3) is 0 Å². The van der Waals surface area contributed by atoms with Gasteiger partial charge in [-0.3, -0.25) is 0 Å². The van der Waals surface area contributed by atoms with E-state index in [0.29, 0.717) is 5.56 Å². The van der Waals surface area contributed by atoms with Crippen LogP contribution < -0.4 is 0 Å². The van der Waals surface area contributed by atoms with Crippen molar-refractivity contribution in [2.75, 3.05) is 0 Å². The molecule has 0 aliphatic heterocycles. The minimum Gasteiger partial charge on any atom is -0.358 e. The lowest BCUT2D eigenvalue weighted by Crippen LogP contribution is -2.16. The van der Waals surface area contributed by atoms with Gasteiger partial charge in [-0.1, -0.05) is 48.5 Å². The molecule has 1 N–H and O–H groups in total. The highest BCUT2D eigenvalue weighted by Crippen LogP contribution is 2.34. The van der Waals surface area contributed by atoms with Crippen molar-refractivity contribution in [2.45, 2.75) is 19.7 Å². The largest absolute Gasteiger partial charge is 0.358 e. The summed E-state index contributed by atoms with van der Waals surface area (Å²) in [5.41, 5.74) is 2.73. The summed E-state index contributed by atoms with van der Waals surface area (Å²) in [6.45, 7) is 2.97. The summed E-state index contributed by atoms with van der Waals surface area (Å²) in [7, 11) is 0. The first kappa shape index (κ1) is 11.8. The van der Waals surface area contributed by atoms with Gasteiger partial charge in [0.1, 0.15) is 0 Å². The second kappa shape index (κ2) is 4.30. The van der Waals surface area contributed by atoms with Crippen LogP contribution in [0.5, 0.6) is 0 Å². The predicted molar refractivity (Wildman–Crippen MR) is 67.3 cm³/mol. The normalized spacial score (nSPS) is 14.4. The van der Waals surface area contributed by atoms with Crippen LogP contribution in [-0.4, -0.2) is 5.11 Å². The summed E-state index contributed by atoms with van der Waals surface area (Å²) in [4.78, 5) is 0. The molecule has 0 aliphatic carbocycles. The maximum absolute atomic E-state index is 13.9. The zero-order valence-corrected chi connectivity index (χ0v) is 9.94. The van der Waals surface area contributed by atoms with Crippen LogP contribution in [0.15, 0.2) is 48.5 Å². The van der Waals surface area contributed by atoms with E-state index in [9.17, 15) is 9.50 Å². The summed E-state index contributed by atoms with van der Waals surface area (Å²) in [6.07, 6.45) is 0. The Morgan fingerprint density at radius 2 is 1.65 bits per heavy atom. The third kappa shape index (κ3) is 2.37. The molecule has 0 amide bonds. The topological polar surface area (TPSA) is 20.2 Å². The van der Waals surface area contributed by atoms with Crippen LogP contribution in [0.25, 0.3) is 11.1 Å². The van der Waals surface area contributed by atoms with Crippen LogP contribution in [0.4, 0.5) is 4.39 Å². The lowest BCUT2D eigenvalue weighted by molar-refractivity contribution is -0.0768. The molecule has 0 heterocycles. The molecule has 0 fully saturated rings. The summed E-state index contributed by atoms with van der Waals surface area (Å²) in [5.74, 6) is -2.32. The Hall–Kier alpha value is -1.67. The van der Waals surface area contributed by atoms with Crippen molar-refractivity contribution in [2.24, 2.45) is 0 Å². The van der Waals surface area contributed by atoms with Crippen LogP contribution in [0.3, 0.4) is 0 Å². The lowest BCUT2D eigenvalue weighted by Gasteiger charge is -2.20. The molecule has 0 aliphatic rings. The van der Waals surface area contributed by atoms with Crippen LogP contribution in [0.1, 0.15) is 18.1 Å². The second-order valence-electron chi connectivity index (χ2n) is 4.32. The first-order valence-electron chi connectivity index (χ1n) is 5.57. The molecule has 0 saturated heterocycles. The zero-order valence-electron chi connectivity index (χ0n) is 9.94. The summed E-state index contributed by atoms with van der Waals surface area (Å²) >= 11 is 0. The maximum atomic E-state index is 13.9. The Labute approximate surface area is 101 Å². The number of aliphatic hydroxyl groups is 1. The van der Waals surface area contributed by atoms with Crippen molar-refractivity contribution in [3.63, 3.8) is 0 Å². The molecule has 1 unspecified atom stereocenters. The fourth-order valence-electron chi connectivity index (χ4n) is 2.13. The van der Waals surface area contributed by atoms with Gasteiger partial charge >= 0.3 is 0 Å². The Kier molecular flexibility index (Phi) is 2.99. The molecular formula is C15H15FO. The van der Waals surface area contributed by atoms with Gasteiger partial charge in [0.2, 0.25) is 5.85 Å². The van der Waals surface area contributed by atoms with Gasteiger partial charge in [0, 0.05) is 5.56 Å².